The molecule has 4 fully saturated rings. The molecule has 0 radical (unpaired) electrons. The van der Waals surface area contributed by atoms with E-state index in [1.165, 1.54) is 0 Å². The van der Waals surface area contributed by atoms with Crippen LogP contribution in [0.4, 0.5) is 0 Å². The van der Waals surface area contributed by atoms with Crippen molar-refractivity contribution in [2.45, 2.75) is 27.3 Å². The summed E-state index contributed by atoms with van der Waals surface area (Å²) in [5, 5.41) is 9.73. The zero-order chi connectivity index (χ0) is 26.0. The smallest absolute Gasteiger partial charge is 0.247 e. The van der Waals surface area contributed by atoms with Crippen molar-refractivity contribution in [3.8, 4) is 0 Å². The van der Waals surface area contributed by atoms with Crippen molar-refractivity contribution in [3.63, 3.8) is 0 Å². The van der Waals surface area contributed by atoms with Crippen molar-refractivity contribution < 1.29 is 24.2 Å². The lowest BCUT2D eigenvalue weighted by Crippen LogP contribution is -2.57. The Hall–Kier alpha value is -1.40. The highest BCUT2D eigenvalue weighted by molar-refractivity contribution is 9.09. The Kier molecular flexibility index (Phi) is 8.87. The summed E-state index contributed by atoms with van der Waals surface area (Å²) in [6, 6.07) is -0.732. The lowest BCUT2D eigenvalue weighted by atomic mass is 9.70. The lowest BCUT2D eigenvalue weighted by Gasteiger charge is -2.38. The van der Waals surface area contributed by atoms with Gasteiger partial charge in [-0.05, 0) is 6.42 Å². The number of aliphatic hydroxyl groups excluding tert-OH is 1. The van der Waals surface area contributed by atoms with E-state index in [0.29, 0.717) is 45.8 Å². The fourth-order valence-corrected chi connectivity index (χ4v) is 9.88. The van der Waals surface area contributed by atoms with Gasteiger partial charge < -0.3 is 24.5 Å². The van der Waals surface area contributed by atoms with Gasteiger partial charge in [-0.15, -0.1) is 24.9 Å². The maximum atomic E-state index is 14.2. The van der Waals surface area contributed by atoms with Gasteiger partial charge in [-0.25, -0.2) is 0 Å². The number of carbonyl (C=O) groups is 3. The number of aliphatic hydroxyl groups is 1. The molecule has 36 heavy (non-hydrogen) atoms. The van der Waals surface area contributed by atoms with Crippen LogP contribution in [-0.2, 0) is 19.1 Å². The second-order valence-corrected chi connectivity index (χ2v) is 12.7. The monoisotopic (exact) mass is 584 g/mol. The van der Waals surface area contributed by atoms with Crippen LogP contribution < -0.4 is 0 Å². The number of thioether (sulfide) groups is 1. The van der Waals surface area contributed by atoms with Gasteiger partial charge in [0.2, 0.25) is 17.7 Å². The molecule has 1 spiro atoms. The summed E-state index contributed by atoms with van der Waals surface area (Å²) in [6.07, 6.45) is 4.00. The maximum Gasteiger partial charge on any atom is 0.247 e. The van der Waals surface area contributed by atoms with Gasteiger partial charge in [0.1, 0.15) is 6.04 Å². The molecule has 4 heterocycles. The Morgan fingerprint density at radius 3 is 2.56 bits per heavy atom. The molecule has 0 aromatic heterocycles. The van der Waals surface area contributed by atoms with Crippen molar-refractivity contribution in [2.75, 3.05) is 72.7 Å². The number of carbonyl (C=O) groups excluding carboxylic acids is 3. The molecule has 0 aliphatic carbocycles. The van der Waals surface area contributed by atoms with Crippen molar-refractivity contribution in [3.05, 3.63) is 25.3 Å². The fraction of sp³-hybridized carbons (Fsp3) is 0.720. The molecule has 4 rings (SSSR count). The van der Waals surface area contributed by atoms with Gasteiger partial charge in [-0.1, -0.05) is 28.1 Å². The van der Waals surface area contributed by atoms with E-state index in [0.717, 1.165) is 13.1 Å². The van der Waals surface area contributed by atoms with Crippen molar-refractivity contribution in [1.82, 2.24) is 19.6 Å². The number of hydrogen-bond donors (Lipinski definition) is 1. The van der Waals surface area contributed by atoms with Gasteiger partial charge in [0, 0.05) is 62.9 Å². The van der Waals surface area contributed by atoms with E-state index in [9.17, 15) is 19.5 Å². The zero-order valence-electron chi connectivity index (χ0n) is 20.9. The van der Waals surface area contributed by atoms with E-state index >= 15 is 0 Å². The molecular formula is C25H37BrN4O5S. The largest absolute Gasteiger partial charge is 0.395 e. The number of rotatable bonds is 11. The Morgan fingerprint density at radius 1 is 1.22 bits per heavy atom. The van der Waals surface area contributed by atoms with Crippen LogP contribution >= 0.6 is 27.7 Å². The van der Waals surface area contributed by atoms with E-state index in [2.05, 4.69) is 34.0 Å². The average Bonchev–Trinajstić information content (AvgIpc) is 3.45. The fourth-order valence-electron chi connectivity index (χ4n) is 6.28. The molecule has 9 nitrogen and oxygen atoms in total. The first-order chi connectivity index (χ1) is 17.3. The minimum Gasteiger partial charge on any atom is -0.395 e. The molecule has 0 aromatic rings. The number of morpholine rings is 1. The van der Waals surface area contributed by atoms with E-state index in [4.69, 9.17) is 4.74 Å². The van der Waals surface area contributed by atoms with Crippen molar-refractivity contribution in [2.24, 2.45) is 11.8 Å². The second kappa shape index (κ2) is 11.6. The van der Waals surface area contributed by atoms with Crippen LogP contribution in [0.3, 0.4) is 0 Å². The number of likely N-dealkylation sites (tertiary alicyclic amines) is 1. The van der Waals surface area contributed by atoms with E-state index < -0.39 is 22.6 Å². The Morgan fingerprint density at radius 2 is 1.92 bits per heavy atom. The molecule has 1 N–H and O–H groups in total. The van der Waals surface area contributed by atoms with Gasteiger partial charge in [0.15, 0.2) is 0 Å². The normalized spacial score (nSPS) is 33.5. The predicted molar refractivity (Wildman–Crippen MR) is 143 cm³/mol. The topological polar surface area (TPSA) is 93.6 Å². The number of β-amino-alcohol motifs (C(OH)–C–C–N with tert-alkyl or cyclic N) is 1. The third kappa shape index (κ3) is 4.77. The van der Waals surface area contributed by atoms with Gasteiger partial charge >= 0.3 is 0 Å². The summed E-state index contributed by atoms with van der Waals surface area (Å²) in [6.45, 7) is 12.4. The molecule has 3 amide bonds. The molecule has 0 saturated carbocycles. The van der Waals surface area contributed by atoms with E-state index in [1.807, 2.05) is 0 Å². The summed E-state index contributed by atoms with van der Waals surface area (Å²) >= 11 is 5.40. The highest BCUT2D eigenvalue weighted by Crippen LogP contribution is 2.68. The third-order valence-corrected chi connectivity index (χ3v) is 11.1. The van der Waals surface area contributed by atoms with Gasteiger partial charge in [-0.3, -0.25) is 19.3 Å². The Balaban J connectivity index is 1.64. The van der Waals surface area contributed by atoms with Gasteiger partial charge in [0.25, 0.3) is 0 Å². The van der Waals surface area contributed by atoms with E-state index in [1.54, 1.807) is 45.7 Å². The van der Waals surface area contributed by atoms with Crippen molar-refractivity contribution in [1.29, 1.82) is 0 Å². The van der Waals surface area contributed by atoms with Crippen LogP contribution in [0, 0.1) is 11.8 Å². The van der Waals surface area contributed by atoms with Crippen LogP contribution in [0.25, 0.3) is 0 Å². The maximum absolute atomic E-state index is 14.2. The number of hydrogen-bond acceptors (Lipinski definition) is 7. The summed E-state index contributed by atoms with van der Waals surface area (Å²) in [5.74, 6) is -1.54. The summed E-state index contributed by atoms with van der Waals surface area (Å²) in [7, 11) is 1.72. The van der Waals surface area contributed by atoms with Gasteiger partial charge in [0.05, 0.1) is 36.4 Å². The average molecular weight is 586 g/mol. The third-order valence-electron chi connectivity index (χ3n) is 7.88. The number of fused-ring (bicyclic) bond motifs is 1. The highest BCUT2D eigenvalue weighted by atomic mass is 79.9. The van der Waals surface area contributed by atoms with Crippen LogP contribution in [0.15, 0.2) is 25.3 Å². The number of alkyl halides is 1. The van der Waals surface area contributed by atoms with Crippen LogP contribution in [0.1, 0.15) is 6.42 Å². The number of nitrogens with zero attached hydrogens (tertiary/aromatic N) is 4. The molecule has 4 aliphatic rings. The van der Waals surface area contributed by atoms with E-state index in [-0.39, 0.29) is 41.0 Å². The molecule has 4 saturated heterocycles. The first kappa shape index (κ1) is 27.6. The second-order valence-electron chi connectivity index (χ2n) is 9.95. The highest BCUT2D eigenvalue weighted by Gasteiger charge is 2.75. The Labute approximate surface area is 226 Å². The summed E-state index contributed by atoms with van der Waals surface area (Å²) in [5.41, 5.74) is 0. The van der Waals surface area contributed by atoms with Crippen LogP contribution in [0.5, 0.6) is 0 Å². The predicted octanol–water partition coefficient (Wildman–Crippen LogP) is 0.435. The number of ether oxygens (including phenoxy) is 1. The number of amides is 3. The molecule has 4 aliphatic heterocycles. The minimum absolute atomic E-state index is 0.0169. The molecule has 3 unspecified atom stereocenters. The lowest BCUT2D eigenvalue weighted by molar-refractivity contribution is -0.144. The molecule has 200 valence electrons. The standard InChI is InChI=1S/C25H37BrN4O5S/c1-4-6-27(3)22(32)18-19-23(33)30(10-13-31)21(25(19)16-17(26)20(18)36-25)24(34)29(7-5-2)9-8-28-11-14-35-15-12-28/h4-5,17-21,31H,1-2,6-16H2,3H3/t17?,18-,19+,20-,21?,25?/m1/s1. The minimum atomic E-state index is -0.732. The molecule has 0 aromatic carbocycles. The Bertz CT molecular complexity index is 887. The quantitative estimate of drug-likeness (QED) is 0.278. The van der Waals surface area contributed by atoms with Crippen molar-refractivity contribution >= 4 is 45.4 Å². The first-order valence-electron chi connectivity index (χ1n) is 12.6. The summed E-state index contributed by atoms with van der Waals surface area (Å²) < 4.78 is 4.72. The number of halogens is 1. The number of likely N-dealkylation sites (N-methyl/N-ethyl adjacent to an activating group) is 1. The molecule has 11 heteroatoms. The van der Waals surface area contributed by atoms with Crippen LogP contribution in [-0.4, -0.2) is 136 Å². The first-order valence-corrected chi connectivity index (χ1v) is 14.4. The SMILES string of the molecule is C=CCN(C)C(=O)[C@H]1[C@@H]2SC3(CC2Br)C(C(=O)N(CC=C)CCN2CCOCC2)N(CCO)C(=O)[C@H]13. The zero-order valence-corrected chi connectivity index (χ0v) is 23.3. The molecule has 2 bridgehead atoms. The molecule has 6 atom stereocenters. The van der Waals surface area contributed by atoms with Crippen LogP contribution in [0.2, 0.25) is 0 Å². The molecular weight excluding hydrogens is 548 g/mol. The summed E-state index contributed by atoms with van der Waals surface area (Å²) in [4.78, 5) is 48.8. The van der Waals surface area contributed by atoms with Gasteiger partial charge in [-0.2, -0.15) is 0 Å².